The van der Waals surface area contributed by atoms with E-state index in [9.17, 15) is 19.7 Å². The number of nitro groups is 1. The zero-order valence-electron chi connectivity index (χ0n) is 12.8. The Morgan fingerprint density at radius 2 is 1.82 bits per heavy atom. The number of benzene rings is 1. The summed E-state index contributed by atoms with van der Waals surface area (Å²) in [5.41, 5.74) is 0.299. The third-order valence-corrected chi connectivity index (χ3v) is 3.00. The summed E-state index contributed by atoms with van der Waals surface area (Å²) in [6.07, 6.45) is 0.883. The second-order valence-electron chi connectivity index (χ2n) is 4.65. The van der Waals surface area contributed by atoms with Gasteiger partial charge in [0, 0.05) is 30.8 Å². The van der Waals surface area contributed by atoms with Crippen molar-refractivity contribution < 1.29 is 19.2 Å². The summed E-state index contributed by atoms with van der Waals surface area (Å²) >= 11 is 0. The monoisotopic (exact) mass is 308 g/mol. The number of hydrogen-bond donors (Lipinski definition) is 0. The van der Waals surface area contributed by atoms with Crippen LogP contribution in [0.5, 0.6) is 0 Å². The molecule has 0 atom stereocenters. The highest BCUT2D eigenvalue weighted by Crippen LogP contribution is 2.14. The van der Waals surface area contributed by atoms with Crippen LogP contribution in [0.1, 0.15) is 37.0 Å². The van der Waals surface area contributed by atoms with E-state index in [1.165, 1.54) is 24.3 Å². The molecule has 0 aliphatic carbocycles. The van der Waals surface area contributed by atoms with E-state index in [-0.39, 0.29) is 30.5 Å². The van der Waals surface area contributed by atoms with Crippen LogP contribution in [-0.4, -0.2) is 41.4 Å². The summed E-state index contributed by atoms with van der Waals surface area (Å²) in [4.78, 5) is 35.4. The van der Waals surface area contributed by atoms with Crippen LogP contribution in [0.4, 0.5) is 5.69 Å². The quantitative estimate of drug-likeness (QED) is 0.418. The van der Waals surface area contributed by atoms with E-state index in [1.807, 2.05) is 6.92 Å². The van der Waals surface area contributed by atoms with E-state index in [1.54, 1.807) is 11.8 Å². The summed E-state index contributed by atoms with van der Waals surface area (Å²) in [5, 5.41) is 10.6. The van der Waals surface area contributed by atoms with E-state index in [4.69, 9.17) is 4.74 Å². The molecule has 120 valence electrons. The number of rotatable bonds is 8. The van der Waals surface area contributed by atoms with Crippen molar-refractivity contribution in [1.82, 2.24) is 4.90 Å². The van der Waals surface area contributed by atoms with Gasteiger partial charge in [-0.15, -0.1) is 0 Å². The molecular formula is C15H20N2O5. The van der Waals surface area contributed by atoms with E-state index in [0.717, 1.165) is 6.42 Å². The van der Waals surface area contributed by atoms with Crippen LogP contribution in [0.2, 0.25) is 0 Å². The average Bonchev–Trinajstić information content (AvgIpc) is 2.51. The number of non-ortho nitro benzene ring substituents is 1. The molecule has 0 N–H and O–H groups in total. The van der Waals surface area contributed by atoms with Crippen LogP contribution in [0.15, 0.2) is 24.3 Å². The Balaban J connectivity index is 2.75. The summed E-state index contributed by atoms with van der Waals surface area (Å²) in [5.74, 6) is -0.596. The minimum atomic E-state index is -0.515. The number of nitro benzene ring substituents is 1. The minimum absolute atomic E-state index is 0.0647. The average molecular weight is 308 g/mol. The topological polar surface area (TPSA) is 89.8 Å². The lowest BCUT2D eigenvalue weighted by atomic mass is 10.1. The summed E-state index contributed by atoms with van der Waals surface area (Å²) < 4.78 is 4.85. The van der Waals surface area contributed by atoms with Gasteiger partial charge in [0.25, 0.3) is 11.6 Å². The Bertz CT molecular complexity index is 527. The maximum atomic E-state index is 12.4. The lowest BCUT2D eigenvalue weighted by molar-refractivity contribution is -0.384. The molecule has 0 fully saturated rings. The van der Waals surface area contributed by atoms with Crippen LogP contribution < -0.4 is 0 Å². The number of nitrogens with zero attached hydrogens (tertiary/aromatic N) is 2. The summed E-state index contributed by atoms with van der Waals surface area (Å²) in [7, 11) is 0. The molecule has 0 aliphatic rings. The van der Waals surface area contributed by atoms with Crippen molar-refractivity contribution in [3.05, 3.63) is 39.9 Å². The van der Waals surface area contributed by atoms with Gasteiger partial charge in [0.15, 0.2) is 0 Å². The fraction of sp³-hybridized carbons (Fsp3) is 0.467. The van der Waals surface area contributed by atoms with Gasteiger partial charge < -0.3 is 9.64 Å². The molecule has 22 heavy (non-hydrogen) atoms. The molecule has 0 heterocycles. The molecule has 0 aliphatic heterocycles. The van der Waals surface area contributed by atoms with E-state index >= 15 is 0 Å². The molecule has 7 nitrogen and oxygen atoms in total. The van der Waals surface area contributed by atoms with Crippen molar-refractivity contribution in [2.24, 2.45) is 0 Å². The largest absolute Gasteiger partial charge is 0.466 e. The molecule has 1 rings (SSSR count). The van der Waals surface area contributed by atoms with Gasteiger partial charge in [-0.25, -0.2) is 0 Å². The first-order chi connectivity index (χ1) is 10.5. The van der Waals surface area contributed by atoms with E-state index in [0.29, 0.717) is 18.7 Å². The Morgan fingerprint density at radius 3 is 2.32 bits per heavy atom. The molecule has 0 spiro atoms. The molecule has 0 saturated heterocycles. The van der Waals surface area contributed by atoms with Crippen molar-refractivity contribution in [1.29, 1.82) is 0 Å². The minimum Gasteiger partial charge on any atom is -0.466 e. The van der Waals surface area contributed by atoms with Crippen molar-refractivity contribution in [2.75, 3.05) is 19.7 Å². The van der Waals surface area contributed by atoms with Crippen molar-refractivity contribution in [2.45, 2.75) is 26.7 Å². The Labute approximate surface area is 129 Å². The maximum Gasteiger partial charge on any atom is 0.307 e. The fourth-order valence-electron chi connectivity index (χ4n) is 1.95. The van der Waals surface area contributed by atoms with Crippen LogP contribution >= 0.6 is 0 Å². The lowest BCUT2D eigenvalue weighted by Crippen LogP contribution is -2.34. The highest BCUT2D eigenvalue weighted by molar-refractivity contribution is 5.94. The third kappa shape index (κ3) is 5.16. The molecule has 0 unspecified atom stereocenters. The van der Waals surface area contributed by atoms with Crippen molar-refractivity contribution >= 4 is 17.6 Å². The Hall–Kier alpha value is -2.44. The number of ether oxygens (including phenoxy) is 1. The Morgan fingerprint density at radius 1 is 1.18 bits per heavy atom. The fourth-order valence-corrected chi connectivity index (χ4v) is 1.95. The first-order valence-electron chi connectivity index (χ1n) is 7.18. The van der Waals surface area contributed by atoms with Gasteiger partial charge in [0.1, 0.15) is 0 Å². The normalized spacial score (nSPS) is 10.1. The van der Waals surface area contributed by atoms with Crippen molar-refractivity contribution in [3.63, 3.8) is 0 Å². The predicted octanol–water partition coefficient (Wildman–Crippen LogP) is 2.40. The first kappa shape index (κ1) is 17.6. The van der Waals surface area contributed by atoms with Gasteiger partial charge in [-0.1, -0.05) is 6.92 Å². The molecule has 0 bridgehead atoms. The van der Waals surface area contributed by atoms with Gasteiger partial charge >= 0.3 is 5.97 Å². The SMILES string of the molecule is CCCN(CCC(=O)OCC)C(=O)c1ccc([N+](=O)[O-])cc1. The molecule has 1 aromatic carbocycles. The second-order valence-corrected chi connectivity index (χ2v) is 4.65. The number of carbonyl (C=O) groups excluding carboxylic acids is 2. The molecule has 0 saturated carbocycles. The lowest BCUT2D eigenvalue weighted by Gasteiger charge is -2.21. The maximum absolute atomic E-state index is 12.4. The summed E-state index contributed by atoms with van der Waals surface area (Å²) in [6, 6.07) is 5.44. The number of hydrogen-bond acceptors (Lipinski definition) is 5. The highest BCUT2D eigenvalue weighted by atomic mass is 16.6. The number of esters is 1. The second kappa shape index (κ2) is 8.76. The highest BCUT2D eigenvalue weighted by Gasteiger charge is 2.17. The molecule has 1 aromatic rings. The van der Waals surface area contributed by atoms with Gasteiger partial charge in [-0.3, -0.25) is 19.7 Å². The molecule has 0 aromatic heterocycles. The first-order valence-corrected chi connectivity index (χ1v) is 7.18. The number of carbonyl (C=O) groups is 2. The summed E-state index contributed by atoms with van der Waals surface area (Å²) in [6.45, 7) is 4.74. The standard InChI is InChI=1S/C15H20N2O5/c1-3-10-16(11-9-14(18)22-4-2)15(19)12-5-7-13(8-6-12)17(20)21/h5-8H,3-4,9-11H2,1-2H3. The zero-order chi connectivity index (χ0) is 16.5. The van der Waals surface area contributed by atoms with Crippen LogP contribution in [0.25, 0.3) is 0 Å². The van der Waals surface area contributed by atoms with E-state index < -0.39 is 4.92 Å². The van der Waals surface area contributed by atoms with Crippen LogP contribution in [0.3, 0.4) is 0 Å². The molecule has 1 amide bonds. The smallest absolute Gasteiger partial charge is 0.307 e. The Kier molecular flexibility index (Phi) is 7.01. The van der Waals surface area contributed by atoms with Gasteiger partial charge in [0.2, 0.25) is 0 Å². The molecule has 7 heteroatoms. The van der Waals surface area contributed by atoms with E-state index in [2.05, 4.69) is 0 Å². The van der Waals surface area contributed by atoms with Crippen molar-refractivity contribution in [3.8, 4) is 0 Å². The van der Waals surface area contributed by atoms with Crippen LogP contribution in [-0.2, 0) is 9.53 Å². The van der Waals surface area contributed by atoms with Gasteiger partial charge in [-0.05, 0) is 25.5 Å². The number of amides is 1. The predicted molar refractivity (Wildman–Crippen MR) is 80.5 cm³/mol. The molecule has 0 radical (unpaired) electrons. The third-order valence-electron chi connectivity index (χ3n) is 3.00. The zero-order valence-corrected chi connectivity index (χ0v) is 12.8. The van der Waals surface area contributed by atoms with Crippen LogP contribution in [0, 0.1) is 10.1 Å². The van der Waals surface area contributed by atoms with Gasteiger partial charge in [-0.2, -0.15) is 0 Å². The molecular weight excluding hydrogens is 288 g/mol. The van der Waals surface area contributed by atoms with Gasteiger partial charge in [0.05, 0.1) is 18.0 Å².